The van der Waals surface area contributed by atoms with E-state index in [4.69, 9.17) is 4.98 Å². The summed E-state index contributed by atoms with van der Waals surface area (Å²) < 4.78 is 0. The highest BCUT2D eigenvalue weighted by Crippen LogP contribution is 2.30. The first-order chi connectivity index (χ1) is 9.27. The zero-order valence-electron chi connectivity index (χ0n) is 13.0. The van der Waals surface area contributed by atoms with Crippen LogP contribution in [0.15, 0.2) is 10.8 Å². The third kappa shape index (κ3) is 3.65. The molecule has 0 amide bonds. The quantitative estimate of drug-likeness (QED) is 0.915. The van der Waals surface area contributed by atoms with Crippen LogP contribution < -0.4 is 5.32 Å². The van der Waals surface area contributed by atoms with Crippen LogP contribution >= 0.6 is 22.7 Å². The maximum absolute atomic E-state index is 4.84. The van der Waals surface area contributed by atoms with Gasteiger partial charge in [-0.25, -0.2) is 9.97 Å². The molecular formula is C15H23N3S2. The highest BCUT2D eigenvalue weighted by molar-refractivity contribution is 7.10. The Labute approximate surface area is 129 Å². The van der Waals surface area contributed by atoms with E-state index in [1.165, 1.54) is 0 Å². The fourth-order valence-electron chi connectivity index (χ4n) is 1.89. The van der Waals surface area contributed by atoms with E-state index in [-0.39, 0.29) is 11.5 Å². The van der Waals surface area contributed by atoms with Gasteiger partial charge in [-0.15, -0.1) is 22.7 Å². The molecule has 110 valence electrons. The monoisotopic (exact) mass is 309 g/mol. The van der Waals surface area contributed by atoms with Crippen LogP contribution in [0.3, 0.4) is 0 Å². The summed E-state index contributed by atoms with van der Waals surface area (Å²) in [6, 6.07) is 0.491. The van der Waals surface area contributed by atoms with Crippen molar-refractivity contribution in [3.05, 3.63) is 32.2 Å². The second-order valence-corrected chi connectivity index (χ2v) is 8.32. The predicted octanol–water partition coefficient (Wildman–Crippen LogP) is 4.29. The fourth-order valence-corrected chi connectivity index (χ4v) is 3.65. The first-order valence-electron chi connectivity index (χ1n) is 6.91. The van der Waals surface area contributed by atoms with Crippen LogP contribution in [0, 0.1) is 6.92 Å². The van der Waals surface area contributed by atoms with Crippen LogP contribution in [-0.2, 0) is 5.41 Å². The van der Waals surface area contributed by atoms with Gasteiger partial charge >= 0.3 is 0 Å². The van der Waals surface area contributed by atoms with Crippen molar-refractivity contribution >= 4 is 22.7 Å². The molecule has 0 bridgehead atoms. The number of aromatic nitrogens is 2. The summed E-state index contributed by atoms with van der Waals surface area (Å²) in [5.41, 5.74) is 2.32. The number of hydrogen-bond acceptors (Lipinski definition) is 5. The summed E-state index contributed by atoms with van der Waals surface area (Å²) in [6.07, 6.45) is 0. The average Bonchev–Trinajstić information content (AvgIpc) is 2.93. The molecule has 0 saturated heterocycles. The van der Waals surface area contributed by atoms with Gasteiger partial charge in [0.1, 0.15) is 11.0 Å². The zero-order chi connectivity index (χ0) is 14.9. The lowest BCUT2D eigenvalue weighted by atomic mass is 9.93. The molecule has 1 N–H and O–H groups in total. The fraction of sp³-hybridized carbons (Fsp3) is 0.600. The van der Waals surface area contributed by atoms with Gasteiger partial charge in [0, 0.05) is 22.2 Å². The number of hydrogen-bond donors (Lipinski definition) is 1. The summed E-state index contributed by atoms with van der Waals surface area (Å²) in [5.74, 6) is 0. The van der Waals surface area contributed by atoms with Crippen molar-refractivity contribution in [3.8, 4) is 0 Å². The Bertz CT molecular complexity index is 564. The van der Waals surface area contributed by atoms with E-state index in [0.29, 0.717) is 6.04 Å². The molecule has 20 heavy (non-hydrogen) atoms. The first kappa shape index (κ1) is 15.6. The van der Waals surface area contributed by atoms with Crippen molar-refractivity contribution in [1.82, 2.24) is 15.3 Å². The smallest absolute Gasteiger partial charge is 0.116 e. The highest BCUT2D eigenvalue weighted by atomic mass is 32.1. The number of nitrogens with zero attached hydrogens (tertiary/aromatic N) is 2. The Balaban J connectivity index is 2.34. The van der Waals surface area contributed by atoms with E-state index in [1.54, 1.807) is 22.7 Å². The lowest BCUT2D eigenvalue weighted by Gasteiger charge is -2.18. The Morgan fingerprint density at radius 3 is 2.25 bits per heavy atom. The SMILES string of the molecule is Cc1nc(C(NC(C)C)c2nc(C(C)(C)C)cs2)cs1. The van der Waals surface area contributed by atoms with Crippen LogP contribution in [0.25, 0.3) is 0 Å². The normalized spacial score (nSPS) is 13.9. The summed E-state index contributed by atoms with van der Waals surface area (Å²) in [6.45, 7) is 13.0. The van der Waals surface area contributed by atoms with Gasteiger partial charge in [-0.1, -0.05) is 20.8 Å². The minimum atomic E-state index is 0.0924. The Morgan fingerprint density at radius 2 is 1.80 bits per heavy atom. The van der Waals surface area contributed by atoms with Crippen LogP contribution in [-0.4, -0.2) is 16.0 Å². The van der Waals surface area contributed by atoms with Gasteiger partial charge in [-0.2, -0.15) is 0 Å². The first-order valence-corrected chi connectivity index (χ1v) is 8.67. The zero-order valence-corrected chi connectivity index (χ0v) is 14.7. The van der Waals surface area contributed by atoms with E-state index in [2.05, 4.69) is 55.7 Å². The van der Waals surface area contributed by atoms with Crippen LogP contribution in [0.5, 0.6) is 0 Å². The lowest BCUT2D eigenvalue weighted by molar-refractivity contribution is 0.513. The molecule has 5 heteroatoms. The molecule has 2 rings (SSSR count). The molecule has 3 nitrogen and oxygen atoms in total. The molecule has 0 aliphatic rings. The van der Waals surface area contributed by atoms with E-state index in [0.717, 1.165) is 21.4 Å². The molecule has 0 saturated carbocycles. The highest BCUT2D eigenvalue weighted by Gasteiger charge is 2.24. The van der Waals surface area contributed by atoms with E-state index >= 15 is 0 Å². The van der Waals surface area contributed by atoms with E-state index < -0.39 is 0 Å². The number of rotatable bonds is 4. The summed E-state index contributed by atoms with van der Waals surface area (Å²) >= 11 is 3.41. The second kappa shape index (κ2) is 5.92. The van der Waals surface area contributed by atoms with Crippen LogP contribution in [0.1, 0.15) is 62.1 Å². The molecule has 2 aromatic rings. The molecular weight excluding hydrogens is 286 g/mol. The summed E-state index contributed by atoms with van der Waals surface area (Å²) in [7, 11) is 0. The van der Waals surface area contributed by atoms with Crippen molar-refractivity contribution in [2.45, 2.75) is 59.0 Å². The predicted molar refractivity (Wildman–Crippen MR) is 87.8 cm³/mol. The molecule has 0 spiro atoms. The van der Waals surface area contributed by atoms with Crippen molar-refractivity contribution in [2.24, 2.45) is 0 Å². The van der Waals surface area contributed by atoms with Crippen molar-refractivity contribution < 1.29 is 0 Å². The molecule has 0 aliphatic heterocycles. The molecule has 0 fully saturated rings. The largest absolute Gasteiger partial charge is 0.301 e. The van der Waals surface area contributed by atoms with Gasteiger partial charge < -0.3 is 5.32 Å². The van der Waals surface area contributed by atoms with Crippen molar-refractivity contribution in [3.63, 3.8) is 0 Å². The van der Waals surface area contributed by atoms with Crippen LogP contribution in [0.4, 0.5) is 0 Å². The lowest BCUT2D eigenvalue weighted by Crippen LogP contribution is -2.29. The second-order valence-electron chi connectivity index (χ2n) is 6.37. The van der Waals surface area contributed by atoms with Gasteiger partial charge in [0.25, 0.3) is 0 Å². The minimum absolute atomic E-state index is 0.0924. The maximum atomic E-state index is 4.84. The van der Waals surface area contributed by atoms with Crippen molar-refractivity contribution in [1.29, 1.82) is 0 Å². The molecule has 0 radical (unpaired) electrons. The Morgan fingerprint density at radius 1 is 1.10 bits per heavy atom. The number of aryl methyl sites for hydroxylation is 1. The van der Waals surface area contributed by atoms with E-state index in [9.17, 15) is 0 Å². The average molecular weight is 310 g/mol. The maximum Gasteiger partial charge on any atom is 0.116 e. The molecule has 2 aromatic heterocycles. The Kier molecular flexibility index (Phi) is 4.62. The third-order valence-corrected chi connectivity index (χ3v) is 4.67. The number of nitrogens with one attached hydrogen (secondary N) is 1. The molecule has 1 unspecified atom stereocenters. The van der Waals surface area contributed by atoms with Gasteiger partial charge in [-0.3, -0.25) is 0 Å². The number of thiazole rings is 2. The molecule has 0 aromatic carbocycles. The van der Waals surface area contributed by atoms with E-state index in [1.807, 2.05) is 6.92 Å². The van der Waals surface area contributed by atoms with Crippen molar-refractivity contribution in [2.75, 3.05) is 0 Å². The topological polar surface area (TPSA) is 37.8 Å². The third-order valence-electron chi connectivity index (χ3n) is 2.97. The molecule has 1 atom stereocenters. The van der Waals surface area contributed by atoms with Gasteiger partial charge in [-0.05, 0) is 20.8 Å². The van der Waals surface area contributed by atoms with Gasteiger partial charge in [0.05, 0.1) is 16.4 Å². The molecule has 0 aliphatic carbocycles. The summed E-state index contributed by atoms with van der Waals surface area (Å²) in [4.78, 5) is 9.48. The Hall–Kier alpha value is -0.780. The molecule has 2 heterocycles. The van der Waals surface area contributed by atoms with Gasteiger partial charge in [0.15, 0.2) is 0 Å². The van der Waals surface area contributed by atoms with Gasteiger partial charge in [0.2, 0.25) is 0 Å². The standard InChI is InChI=1S/C15H23N3S2/c1-9(2)16-13(11-7-19-10(3)17-11)14-18-12(8-20-14)15(4,5)6/h7-9,13,16H,1-6H3. The van der Waals surface area contributed by atoms with Crippen LogP contribution in [0.2, 0.25) is 0 Å². The minimum Gasteiger partial charge on any atom is -0.301 e. The summed E-state index contributed by atoms with van der Waals surface area (Å²) in [5, 5.41) is 10.1.